The number of aryl methyl sites for hydroxylation is 1. The molecule has 178 valence electrons. The zero-order valence-electron chi connectivity index (χ0n) is 19.4. The summed E-state index contributed by atoms with van der Waals surface area (Å²) in [4.78, 5) is 48.1. The molecule has 0 unspecified atom stereocenters. The van der Waals surface area contributed by atoms with Gasteiger partial charge in [-0.05, 0) is 50.8 Å². The lowest BCUT2D eigenvalue weighted by Crippen LogP contribution is -2.33. The van der Waals surface area contributed by atoms with Crippen LogP contribution < -0.4 is 15.5 Å². The summed E-state index contributed by atoms with van der Waals surface area (Å²) in [5.74, 6) is -0.0691. The third kappa shape index (κ3) is 4.57. The van der Waals surface area contributed by atoms with E-state index in [0.29, 0.717) is 28.0 Å². The van der Waals surface area contributed by atoms with E-state index in [2.05, 4.69) is 20.6 Å². The third-order valence-electron chi connectivity index (χ3n) is 6.68. The minimum atomic E-state index is -0.374. The summed E-state index contributed by atoms with van der Waals surface area (Å²) in [6.45, 7) is 1.84. The molecule has 0 saturated heterocycles. The molecule has 2 saturated carbocycles. The summed E-state index contributed by atoms with van der Waals surface area (Å²) in [6, 6.07) is 5.75. The number of thiazole rings is 1. The van der Waals surface area contributed by atoms with Gasteiger partial charge in [-0.3, -0.25) is 14.4 Å². The fraction of sp³-hybridized carbons (Fsp3) is 0.440. The van der Waals surface area contributed by atoms with Crippen LogP contribution in [0.5, 0.6) is 0 Å². The van der Waals surface area contributed by atoms with Gasteiger partial charge in [0.15, 0.2) is 0 Å². The Morgan fingerprint density at radius 1 is 1.09 bits per heavy atom. The number of aromatic amines is 1. The number of nitrogens with zero attached hydrogens (tertiary/aromatic N) is 2. The molecule has 0 radical (unpaired) electrons. The number of hydrogen-bond donors (Lipinski definition) is 3. The van der Waals surface area contributed by atoms with Gasteiger partial charge in [-0.15, -0.1) is 11.3 Å². The van der Waals surface area contributed by atoms with Gasteiger partial charge in [0.2, 0.25) is 5.91 Å². The summed E-state index contributed by atoms with van der Waals surface area (Å²) < 4.78 is 0. The van der Waals surface area contributed by atoms with Gasteiger partial charge in [-0.2, -0.15) is 0 Å². The Hall–Kier alpha value is -3.20. The van der Waals surface area contributed by atoms with Crippen molar-refractivity contribution in [2.75, 3.05) is 17.3 Å². The third-order valence-corrected chi connectivity index (χ3v) is 7.46. The molecule has 5 rings (SSSR count). The van der Waals surface area contributed by atoms with Crippen LogP contribution in [0.15, 0.2) is 23.6 Å². The molecule has 2 aromatic heterocycles. The quantitative estimate of drug-likeness (QED) is 0.479. The van der Waals surface area contributed by atoms with Crippen molar-refractivity contribution in [2.24, 2.45) is 5.92 Å². The van der Waals surface area contributed by atoms with Crippen molar-refractivity contribution in [3.05, 3.63) is 39.8 Å². The van der Waals surface area contributed by atoms with Gasteiger partial charge >= 0.3 is 0 Å². The molecule has 0 aliphatic heterocycles. The molecule has 3 amide bonds. The molecule has 1 aromatic carbocycles. The number of carbonyl (C=O) groups excluding carboxylic acids is 3. The van der Waals surface area contributed by atoms with Crippen LogP contribution in [0.25, 0.3) is 10.9 Å². The molecule has 2 aliphatic rings. The maximum Gasteiger partial charge on any atom is 0.276 e. The van der Waals surface area contributed by atoms with Crippen LogP contribution in [0.1, 0.15) is 70.8 Å². The first-order chi connectivity index (χ1) is 16.4. The Morgan fingerprint density at radius 2 is 1.85 bits per heavy atom. The van der Waals surface area contributed by atoms with E-state index in [4.69, 9.17) is 0 Å². The second-order valence-electron chi connectivity index (χ2n) is 9.29. The zero-order valence-corrected chi connectivity index (χ0v) is 20.3. The van der Waals surface area contributed by atoms with Gasteiger partial charge in [0, 0.05) is 41.0 Å². The van der Waals surface area contributed by atoms with Gasteiger partial charge in [0.25, 0.3) is 11.8 Å². The van der Waals surface area contributed by atoms with Gasteiger partial charge in [-0.1, -0.05) is 19.3 Å². The SMILES string of the molecule is Cc1nc(C(=O)Nc2[nH]c3cc(N(C)C(=O)C4CCCCC4)ccc3c2C(=O)NC2CC2)cs1. The highest BCUT2D eigenvalue weighted by Crippen LogP contribution is 2.33. The largest absolute Gasteiger partial charge is 0.349 e. The van der Waals surface area contributed by atoms with Crippen LogP contribution in [-0.4, -0.2) is 40.8 Å². The number of anilines is 2. The van der Waals surface area contributed by atoms with Gasteiger partial charge in [-0.25, -0.2) is 4.98 Å². The number of hydrogen-bond acceptors (Lipinski definition) is 5. The van der Waals surface area contributed by atoms with Gasteiger partial charge in [0.05, 0.1) is 10.6 Å². The number of carbonyl (C=O) groups is 3. The van der Waals surface area contributed by atoms with E-state index < -0.39 is 0 Å². The molecule has 2 heterocycles. The van der Waals surface area contributed by atoms with Crippen LogP contribution in [0, 0.1) is 12.8 Å². The van der Waals surface area contributed by atoms with E-state index in [1.165, 1.54) is 17.8 Å². The summed E-state index contributed by atoms with van der Waals surface area (Å²) in [5.41, 5.74) is 2.15. The van der Waals surface area contributed by atoms with E-state index in [1.54, 1.807) is 17.3 Å². The van der Waals surface area contributed by atoms with Crippen molar-refractivity contribution in [3.8, 4) is 0 Å². The lowest BCUT2D eigenvalue weighted by atomic mass is 9.88. The van der Waals surface area contributed by atoms with E-state index in [-0.39, 0.29) is 29.7 Å². The Bertz CT molecular complexity index is 1250. The molecule has 0 bridgehead atoms. The molecule has 3 N–H and O–H groups in total. The Morgan fingerprint density at radius 3 is 2.53 bits per heavy atom. The molecule has 0 atom stereocenters. The summed E-state index contributed by atoms with van der Waals surface area (Å²) in [7, 11) is 1.80. The number of benzene rings is 1. The summed E-state index contributed by atoms with van der Waals surface area (Å²) in [5, 5.41) is 9.04. The van der Waals surface area contributed by atoms with Crippen molar-refractivity contribution in [2.45, 2.75) is 57.9 Å². The van der Waals surface area contributed by atoms with Crippen molar-refractivity contribution >= 4 is 51.5 Å². The van der Waals surface area contributed by atoms with E-state index in [0.717, 1.165) is 49.2 Å². The van der Waals surface area contributed by atoms with E-state index >= 15 is 0 Å². The smallest absolute Gasteiger partial charge is 0.276 e. The topological polar surface area (TPSA) is 107 Å². The number of nitrogens with one attached hydrogen (secondary N) is 3. The second-order valence-corrected chi connectivity index (χ2v) is 10.4. The lowest BCUT2D eigenvalue weighted by molar-refractivity contribution is -0.123. The minimum Gasteiger partial charge on any atom is -0.349 e. The molecule has 9 heteroatoms. The van der Waals surface area contributed by atoms with E-state index in [1.807, 2.05) is 25.1 Å². The number of rotatable bonds is 6. The number of aromatic nitrogens is 2. The Balaban J connectivity index is 1.46. The first kappa shape index (κ1) is 22.6. The van der Waals surface area contributed by atoms with Crippen molar-refractivity contribution in [1.82, 2.24) is 15.3 Å². The highest BCUT2D eigenvalue weighted by atomic mass is 32.1. The zero-order chi connectivity index (χ0) is 23.8. The van der Waals surface area contributed by atoms with Gasteiger partial charge < -0.3 is 20.5 Å². The normalized spacial score (nSPS) is 16.4. The average Bonchev–Trinajstić information content (AvgIpc) is 3.42. The fourth-order valence-corrected chi connectivity index (χ4v) is 5.20. The van der Waals surface area contributed by atoms with Crippen molar-refractivity contribution < 1.29 is 14.4 Å². The predicted molar refractivity (Wildman–Crippen MR) is 134 cm³/mol. The molecule has 2 aliphatic carbocycles. The monoisotopic (exact) mass is 479 g/mol. The minimum absolute atomic E-state index is 0.0642. The maximum atomic E-state index is 13.1. The lowest BCUT2D eigenvalue weighted by Gasteiger charge is -2.26. The summed E-state index contributed by atoms with van der Waals surface area (Å²) >= 11 is 1.40. The maximum absolute atomic E-state index is 13.1. The molecular weight excluding hydrogens is 450 g/mol. The Labute approximate surface area is 202 Å². The Kier molecular flexibility index (Phi) is 6.12. The van der Waals surface area contributed by atoms with E-state index in [9.17, 15) is 14.4 Å². The summed E-state index contributed by atoms with van der Waals surface area (Å²) in [6.07, 6.45) is 7.19. The molecule has 3 aromatic rings. The predicted octanol–water partition coefficient (Wildman–Crippen LogP) is 4.62. The number of H-pyrrole nitrogens is 1. The molecule has 2 fully saturated rings. The van der Waals surface area contributed by atoms with Gasteiger partial charge in [0.1, 0.15) is 11.5 Å². The molecule has 34 heavy (non-hydrogen) atoms. The standard InChI is InChI=1S/C25H29N5O3S/c1-14-26-20(13-34-14)23(31)29-22-21(24(32)27-16-8-9-16)18-11-10-17(12-19(18)28-22)30(2)25(33)15-6-4-3-5-7-15/h10-13,15-16,28H,3-9H2,1-2H3,(H,27,32)(H,29,31). The van der Waals surface area contributed by atoms with Crippen molar-refractivity contribution in [3.63, 3.8) is 0 Å². The first-order valence-electron chi connectivity index (χ1n) is 11.9. The number of fused-ring (bicyclic) bond motifs is 1. The molecular formula is C25H29N5O3S. The van der Waals surface area contributed by atoms with Crippen LogP contribution in [0.2, 0.25) is 0 Å². The molecule has 8 nitrogen and oxygen atoms in total. The van der Waals surface area contributed by atoms with Crippen molar-refractivity contribution in [1.29, 1.82) is 0 Å². The second kappa shape index (κ2) is 9.21. The van der Waals surface area contributed by atoms with Crippen LogP contribution in [-0.2, 0) is 4.79 Å². The fourth-order valence-electron chi connectivity index (χ4n) is 4.60. The number of amides is 3. The average molecular weight is 480 g/mol. The first-order valence-corrected chi connectivity index (χ1v) is 12.8. The van der Waals surface area contributed by atoms with Crippen LogP contribution in [0.4, 0.5) is 11.5 Å². The van der Waals surface area contributed by atoms with Crippen LogP contribution >= 0.6 is 11.3 Å². The molecule has 0 spiro atoms. The highest BCUT2D eigenvalue weighted by molar-refractivity contribution is 7.09. The highest BCUT2D eigenvalue weighted by Gasteiger charge is 2.29. The van der Waals surface area contributed by atoms with Crippen LogP contribution in [0.3, 0.4) is 0 Å².